The second-order valence-corrected chi connectivity index (χ2v) is 14.9. The second kappa shape index (κ2) is 26.8. The SMILES string of the molecule is CCCCCCCCCC(=O)O[C@@H]1[C@H](OC(CC(OC(C)=O)/C(C)=C/CO[C@@H]([C@H](O)[C@H](O)CO)[C@H](O)CO)C(C)(O)CCC=C(C)C)O[C@H](CO)[C@@H](O)[C@@H]1O. The van der Waals surface area contributed by atoms with Crippen LogP contribution in [0.5, 0.6) is 0 Å². The summed E-state index contributed by atoms with van der Waals surface area (Å²) in [5.74, 6) is -1.35. The number of hydrogen-bond acceptors (Lipinski definition) is 16. The third-order valence-electron chi connectivity index (χ3n) is 9.69. The normalized spacial score (nSPS) is 24.9. The minimum Gasteiger partial charge on any atom is -0.458 e. The molecule has 0 amide bonds. The maximum absolute atomic E-state index is 13.0. The largest absolute Gasteiger partial charge is 0.458 e. The standard InChI is InChI=1S/C39H70O16/c1-7-8-9-10-11-12-13-16-32(46)55-37-35(49)34(48)30(23-42)53-38(37)54-31(39(6,50)18-14-15-24(2)3)20-29(52-26(5)43)25(4)17-19-51-36(28(45)22-41)33(47)27(44)21-40/h15,17,27-31,33-38,40-42,44-45,47-50H,7-14,16,18-23H2,1-6H3/b25-17+/t27-,28-,29?,30-,31?,33-,34-,35+,36-,37+,38+,39?/m1/s1. The van der Waals surface area contributed by atoms with Crippen LogP contribution in [0.3, 0.4) is 0 Å². The Morgan fingerprint density at radius 1 is 0.873 bits per heavy atom. The van der Waals surface area contributed by atoms with Gasteiger partial charge in [-0.1, -0.05) is 63.2 Å². The third kappa shape index (κ3) is 18.4. The smallest absolute Gasteiger partial charge is 0.306 e. The average molecular weight is 795 g/mol. The topological polar surface area (TPSA) is 262 Å². The van der Waals surface area contributed by atoms with Crippen LogP contribution in [0.2, 0.25) is 0 Å². The van der Waals surface area contributed by atoms with Crippen LogP contribution >= 0.6 is 0 Å². The summed E-state index contributed by atoms with van der Waals surface area (Å²) in [6.07, 6.45) is -6.28. The molecule has 0 radical (unpaired) electrons. The van der Waals surface area contributed by atoms with Gasteiger partial charge in [0, 0.05) is 19.8 Å². The Balaban J connectivity index is 3.43. The third-order valence-corrected chi connectivity index (χ3v) is 9.69. The minimum absolute atomic E-state index is 0.0415. The molecule has 0 saturated carbocycles. The fourth-order valence-electron chi connectivity index (χ4n) is 6.17. The number of carbonyl (C=O) groups is 2. The zero-order valence-corrected chi connectivity index (χ0v) is 33.5. The van der Waals surface area contributed by atoms with Crippen molar-refractivity contribution in [2.75, 3.05) is 26.4 Å². The lowest BCUT2D eigenvalue weighted by Crippen LogP contribution is -2.62. The van der Waals surface area contributed by atoms with Gasteiger partial charge in [0.2, 0.25) is 0 Å². The first-order valence-electron chi connectivity index (χ1n) is 19.5. The van der Waals surface area contributed by atoms with Gasteiger partial charge in [-0.15, -0.1) is 0 Å². The maximum Gasteiger partial charge on any atom is 0.306 e. The Morgan fingerprint density at radius 3 is 2.05 bits per heavy atom. The van der Waals surface area contributed by atoms with E-state index in [0.717, 1.165) is 44.1 Å². The molecule has 1 aliphatic heterocycles. The minimum atomic E-state index is -1.76. The van der Waals surface area contributed by atoms with Gasteiger partial charge in [-0.3, -0.25) is 9.59 Å². The first-order chi connectivity index (χ1) is 25.9. The average Bonchev–Trinajstić information content (AvgIpc) is 3.13. The number of allylic oxidation sites excluding steroid dienone is 2. The molecule has 1 aliphatic rings. The molecule has 0 aromatic carbocycles. The zero-order valence-electron chi connectivity index (χ0n) is 33.5. The van der Waals surface area contributed by atoms with Gasteiger partial charge in [-0.2, -0.15) is 0 Å². The van der Waals surface area contributed by atoms with Gasteiger partial charge in [-0.05, 0) is 52.5 Å². The number of hydrogen-bond donors (Lipinski definition) is 9. The predicted octanol–water partition coefficient (Wildman–Crippen LogP) is 1.08. The Kier molecular flexibility index (Phi) is 24.8. The lowest BCUT2D eigenvalue weighted by molar-refractivity contribution is -0.326. The first kappa shape index (κ1) is 51.0. The molecule has 55 heavy (non-hydrogen) atoms. The van der Waals surface area contributed by atoms with Crippen molar-refractivity contribution >= 4 is 11.9 Å². The molecule has 1 heterocycles. The highest BCUT2D eigenvalue weighted by atomic mass is 16.7. The van der Waals surface area contributed by atoms with Gasteiger partial charge in [-0.25, -0.2) is 0 Å². The van der Waals surface area contributed by atoms with Crippen LogP contribution in [0.4, 0.5) is 0 Å². The highest BCUT2D eigenvalue weighted by molar-refractivity contribution is 5.69. The number of rotatable bonds is 28. The highest BCUT2D eigenvalue weighted by Gasteiger charge is 2.50. The molecular formula is C39H70O16. The molecule has 322 valence electrons. The number of aliphatic hydroxyl groups is 9. The van der Waals surface area contributed by atoms with E-state index in [0.29, 0.717) is 18.4 Å². The number of unbranched alkanes of at least 4 members (excludes halogenated alkanes) is 6. The van der Waals surface area contributed by atoms with Crippen molar-refractivity contribution in [2.45, 2.75) is 185 Å². The molecule has 1 saturated heterocycles. The van der Waals surface area contributed by atoms with Crippen LogP contribution in [-0.4, -0.2) is 157 Å². The van der Waals surface area contributed by atoms with E-state index in [2.05, 4.69) is 6.92 Å². The Hall–Kier alpha value is -2.06. The molecule has 0 bridgehead atoms. The summed E-state index contributed by atoms with van der Waals surface area (Å²) < 4.78 is 29.0. The molecule has 16 heteroatoms. The van der Waals surface area contributed by atoms with Crippen LogP contribution in [0.1, 0.15) is 112 Å². The Bertz CT molecular complexity index is 1140. The van der Waals surface area contributed by atoms with E-state index in [1.165, 1.54) is 19.9 Å². The fraction of sp³-hybridized carbons (Fsp3) is 0.846. The summed E-state index contributed by atoms with van der Waals surface area (Å²) in [5.41, 5.74) is -0.310. The van der Waals surface area contributed by atoms with E-state index in [1.807, 2.05) is 19.9 Å². The van der Waals surface area contributed by atoms with E-state index in [1.54, 1.807) is 6.92 Å². The molecular weight excluding hydrogens is 724 g/mol. The predicted molar refractivity (Wildman–Crippen MR) is 200 cm³/mol. The van der Waals surface area contributed by atoms with Crippen molar-refractivity contribution in [1.29, 1.82) is 0 Å². The van der Waals surface area contributed by atoms with Crippen LogP contribution < -0.4 is 0 Å². The van der Waals surface area contributed by atoms with Gasteiger partial charge in [0.05, 0.1) is 38.1 Å². The first-order valence-corrected chi connectivity index (χ1v) is 19.5. The van der Waals surface area contributed by atoms with Gasteiger partial charge >= 0.3 is 11.9 Å². The molecule has 1 rings (SSSR count). The lowest BCUT2D eigenvalue weighted by atomic mass is 9.87. The molecule has 3 unspecified atom stereocenters. The van der Waals surface area contributed by atoms with Crippen molar-refractivity contribution in [2.24, 2.45) is 0 Å². The summed E-state index contributed by atoms with van der Waals surface area (Å²) in [6.45, 7) is 7.48. The van der Waals surface area contributed by atoms with E-state index < -0.39 is 105 Å². The molecule has 16 nitrogen and oxygen atoms in total. The summed E-state index contributed by atoms with van der Waals surface area (Å²) in [5, 5.41) is 92.7. The van der Waals surface area contributed by atoms with Crippen molar-refractivity contribution < 1.29 is 79.2 Å². The van der Waals surface area contributed by atoms with Crippen molar-refractivity contribution in [1.82, 2.24) is 0 Å². The molecule has 0 aromatic heterocycles. The molecule has 0 aromatic rings. The van der Waals surface area contributed by atoms with Gasteiger partial charge < -0.3 is 69.6 Å². The molecule has 9 N–H and O–H groups in total. The van der Waals surface area contributed by atoms with Gasteiger partial charge in [0.1, 0.15) is 48.8 Å². The van der Waals surface area contributed by atoms with E-state index in [9.17, 15) is 55.5 Å². The highest BCUT2D eigenvalue weighted by Crippen LogP contribution is 2.33. The van der Waals surface area contributed by atoms with Crippen molar-refractivity contribution in [3.05, 3.63) is 23.3 Å². The van der Waals surface area contributed by atoms with E-state index >= 15 is 0 Å². The monoisotopic (exact) mass is 794 g/mol. The van der Waals surface area contributed by atoms with Gasteiger partial charge in [0.25, 0.3) is 0 Å². The van der Waals surface area contributed by atoms with Gasteiger partial charge in [0.15, 0.2) is 12.4 Å². The maximum atomic E-state index is 13.0. The summed E-state index contributed by atoms with van der Waals surface area (Å²) in [4.78, 5) is 25.3. The molecule has 0 spiro atoms. The molecule has 12 atom stereocenters. The number of carbonyl (C=O) groups excluding carboxylic acids is 2. The Morgan fingerprint density at radius 2 is 1.49 bits per heavy atom. The number of aliphatic hydroxyl groups excluding tert-OH is 8. The lowest BCUT2D eigenvalue weighted by Gasteiger charge is -2.44. The van der Waals surface area contributed by atoms with Crippen molar-refractivity contribution in [3.63, 3.8) is 0 Å². The van der Waals surface area contributed by atoms with Crippen LogP contribution in [0, 0.1) is 0 Å². The van der Waals surface area contributed by atoms with E-state index in [-0.39, 0.29) is 25.9 Å². The summed E-state index contributed by atoms with van der Waals surface area (Å²) in [6, 6.07) is 0. The zero-order chi connectivity index (χ0) is 41.7. The fourth-order valence-corrected chi connectivity index (χ4v) is 6.17. The van der Waals surface area contributed by atoms with Crippen LogP contribution in [0.15, 0.2) is 23.3 Å². The Labute approximate surface area is 325 Å². The van der Waals surface area contributed by atoms with Crippen molar-refractivity contribution in [3.8, 4) is 0 Å². The quantitative estimate of drug-likeness (QED) is 0.0305. The van der Waals surface area contributed by atoms with Crippen LogP contribution in [-0.2, 0) is 33.3 Å². The van der Waals surface area contributed by atoms with E-state index in [4.69, 9.17) is 23.7 Å². The molecule has 0 aliphatic carbocycles. The number of ether oxygens (including phenoxy) is 5. The van der Waals surface area contributed by atoms with Crippen LogP contribution in [0.25, 0.3) is 0 Å². The number of esters is 2. The summed E-state index contributed by atoms with van der Waals surface area (Å²) >= 11 is 0. The molecule has 1 fully saturated rings. The summed E-state index contributed by atoms with van der Waals surface area (Å²) in [7, 11) is 0. The second-order valence-electron chi connectivity index (χ2n) is 14.9.